The summed E-state index contributed by atoms with van der Waals surface area (Å²) >= 11 is 0. The average Bonchev–Trinajstić information content (AvgIpc) is 2.91. The second-order valence-corrected chi connectivity index (χ2v) is 10.2. The van der Waals surface area contributed by atoms with Crippen LogP contribution >= 0.6 is 0 Å². The van der Waals surface area contributed by atoms with Gasteiger partial charge in [-0.15, -0.1) is 0 Å². The molecule has 150 valence electrons. The number of sulfonamides is 1. The number of hydrogen-bond donors (Lipinski definition) is 1. The van der Waals surface area contributed by atoms with Crippen molar-refractivity contribution in [1.29, 1.82) is 0 Å². The van der Waals surface area contributed by atoms with Gasteiger partial charge in [-0.1, -0.05) is 52.0 Å². The Bertz CT molecular complexity index is 1010. The zero-order valence-electron chi connectivity index (χ0n) is 17.1. The van der Waals surface area contributed by atoms with Gasteiger partial charge in [0.2, 0.25) is 15.9 Å². The van der Waals surface area contributed by atoms with Crippen LogP contribution in [0.2, 0.25) is 0 Å². The molecule has 0 unspecified atom stereocenters. The zero-order chi connectivity index (χ0) is 20.7. The van der Waals surface area contributed by atoms with Crippen molar-refractivity contribution in [2.24, 2.45) is 5.92 Å². The molecule has 1 heterocycles. The van der Waals surface area contributed by atoms with Crippen LogP contribution in [0.3, 0.4) is 0 Å². The van der Waals surface area contributed by atoms with Gasteiger partial charge in [0.05, 0.1) is 4.90 Å². The lowest BCUT2D eigenvalue weighted by molar-refractivity contribution is -0.121. The Hall–Kier alpha value is -2.18. The fourth-order valence-corrected chi connectivity index (χ4v) is 4.63. The number of nitrogens with one attached hydrogen (secondary N) is 1. The number of amides is 1. The first-order valence-corrected chi connectivity index (χ1v) is 11.0. The summed E-state index contributed by atoms with van der Waals surface area (Å²) in [6.07, 6.45) is 0. The molecule has 0 saturated heterocycles. The Morgan fingerprint density at radius 2 is 1.86 bits per heavy atom. The first kappa shape index (κ1) is 20.6. The normalized spacial score (nSPS) is 15.7. The monoisotopic (exact) mass is 400 g/mol. The fourth-order valence-electron chi connectivity index (χ4n) is 3.60. The first-order valence-electron chi connectivity index (χ1n) is 9.53. The van der Waals surface area contributed by atoms with Gasteiger partial charge in [-0.3, -0.25) is 4.79 Å². The highest BCUT2D eigenvalue weighted by Gasteiger charge is 2.39. The van der Waals surface area contributed by atoms with E-state index in [1.807, 2.05) is 58.9 Å². The quantitative estimate of drug-likeness (QED) is 0.831. The Labute approximate surface area is 167 Å². The third-order valence-electron chi connectivity index (χ3n) is 5.33. The highest BCUT2D eigenvalue weighted by molar-refractivity contribution is 7.89. The molecular formula is C22H28N2O3S. The van der Waals surface area contributed by atoms with E-state index in [1.165, 1.54) is 0 Å². The zero-order valence-corrected chi connectivity index (χ0v) is 17.9. The number of carbonyl (C=O) groups is 1. The predicted octanol–water partition coefficient (Wildman–Crippen LogP) is 3.75. The van der Waals surface area contributed by atoms with Crippen LogP contribution in [0, 0.1) is 12.8 Å². The summed E-state index contributed by atoms with van der Waals surface area (Å²) in [6, 6.07) is 12.8. The van der Waals surface area contributed by atoms with Gasteiger partial charge in [0.25, 0.3) is 0 Å². The summed E-state index contributed by atoms with van der Waals surface area (Å²) < 4.78 is 28.4. The Morgan fingerprint density at radius 3 is 2.50 bits per heavy atom. The largest absolute Gasteiger partial charge is 0.311 e. The number of fused-ring (bicyclic) bond motifs is 1. The van der Waals surface area contributed by atoms with Gasteiger partial charge in [-0.2, -0.15) is 0 Å². The lowest BCUT2D eigenvalue weighted by Crippen LogP contribution is -2.36. The van der Waals surface area contributed by atoms with E-state index in [1.54, 1.807) is 23.1 Å². The number of rotatable bonds is 5. The molecule has 0 aliphatic carbocycles. The van der Waals surface area contributed by atoms with Crippen LogP contribution in [-0.4, -0.2) is 20.9 Å². The van der Waals surface area contributed by atoms with E-state index in [-0.39, 0.29) is 28.7 Å². The van der Waals surface area contributed by atoms with Crippen molar-refractivity contribution in [3.63, 3.8) is 0 Å². The topological polar surface area (TPSA) is 66.5 Å². The molecule has 0 saturated carbocycles. The minimum absolute atomic E-state index is 0.0557. The number of carbonyl (C=O) groups excluding carboxylic acids is 1. The van der Waals surface area contributed by atoms with Crippen molar-refractivity contribution in [2.75, 3.05) is 11.4 Å². The van der Waals surface area contributed by atoms with Gasteiger partial charge in [0.1, 0.15) is 0 Å². The molecule has 2 aromatic carbocycles. The summed E-state index contributed by atoms with van der Waals surface area (Å²) in [5.74, 6) is -0.0546. The van der Waals surface area contributed by atoms with E-state index in [0.29, 0.717) is 6.54 Å². The Balaban J connectivity index is 1.90. The van der Waals surface area contributed by atoms with E-state index >= 15 is 0 Å². The van der Waals surface area contributed by atoms with Gasteiger partial charge in [-0.05, 0) is 41.8 Å². The van der Waals surface area contributed by atoms with Gasteiger partial charge in [0.15, 0.2) is 0 Å². The summed E-state index contributed by atoms with van der Waals surface area (Å²) in [6.45, 7) is 10.6. The standard InChI is InChI=1S/C22H28N2O3S/c1-15(2)21(25)24-14-22(4,5)19-12-18(10-11-20(19)24)28(26,27)23-13-17-9-7-6-8-16(17)3/h6-12,15,23H,13-14H2,1-5H3. The SMILES string of the molecule is Cc1ccccc1CNS(=O)(=O)c1ccc2c(c1)C(C)(C)CN2C(=O)C(C)C. The maximum atomic E-state index is 12.9. The van der Waals surface area contributed by atoms with Crippen LogP contribution < -0.4 is 9.62 Å². The van der Waals surface area contributed by atoms with E-state index in [4.69, 9.17) is 0 Å². The molecule has 1 amide bonds. The molecule has 3 rings (SSSR count). The summed E-state index contributed by atoms with van der Waals surface area (Å²) in [4.78, 5) is 14.6. The van der Waals surface area contributed by atoms with Gasteiger partial charge in [0, 0.05) is 30.1 Å². The average molecular weight is 401 g/mol. The van der Waals surface area contributed by atoms with Crippen LogP contribution in [0.5, 0.6) is 0 Å². The van der Waals surface area contributed by atoms with Crippen molar-refractivity contribution < 1.29 is 13.2 Å². The molecular weight excluding hydrogens is 372 g/mol. The van der Waals surface area contributed by atoms with E-state index in [2.05, 4.69) is 4.72 Å². The second-order valence-electron chi connectivity index (χ2n) is 8.39. The molecule has 0 bridgehead atoms. The molecule has 5 nitrogen and oxygen atoms in total. The lowest BCUT2D eigenvalue weighted by Gasteiger charge is -2.22. The predicted molar refractivity (Wildman–Crippen MR) is 112 cm³/mol. The molecule has 0 spiro atoms. The second kappa shape index (κ2) is 7.33. The minimum Gasteiger partial charge on any atom is -0.311 e. The van der Waals surface area contributed by atoms with Crippen molar-refractivity contribution in [1.82, 2.24) is 4.72 Å². The maximum absolute atomic E-state index is 12.9. The third kappa shape index (κ3) is 3.84. The van der Waals surface area contributed by atoms with Gasteiger partial charge < -0.3 is 4.90 Å². The van der Waals surface area contributed by atoms with E-state index in [0.717, 1.165) is 22.4 Å². The highest BCUT2D eigenvalue weighted by Crippen LogP contribution is 2.42. The number of hydrogen-bond acceptors (Lipinski definition) is 3. The van der Waals surface area contributed by atoms with Crippen molar-refractivity contribution in [2.45, 2.75) is 51.5 Å². The van der Waals surface area contributed by atoms with E-state index in [9.17, 15) is 13.2 Å². The Morgan fingerprint density at radius 1 is 1.18 bits per heavy atom. The van der Waals surface area contributed by atoms with Gasteiger partial charge in [-0.25, -0.2) is 13.1 Å². The first-order chi connectivity index (χ1) is 13.0. The van der Waals surface area contributed by atoms with E-state index < -0.39 is 10.0 Å². The van der Waals surface area contributed by atoms with Crippen molar-refractivity contribution in [3.05, 3.63) is 59.2 Å². The molecule has 1 aliphatic heterocycles. The Kier molecular flexibility index (Phi) is 5.38. The van der Waals surface area contributed by atoms with Crippen molar-refractivity contribution >= 4 is 21.6 Å². The summed E-state index contributed by atoms with van der Waals surface area (Å²) in [5.41, 5.74) is 3.38. The maximum Gasteiger partial charge on any atom is 0.240 e. The minimum atomic E-state index is -3.65. The molecule has 0 fully saturated rings. The summed E-state index contributed by atoms with van der Waals surface area (Å²) in [7, 11) is -3.65. The molecule has 0 radical (unpaired) electrons. The number of anilines is 1. The summed E-state index contributed by atoms with van der Waals surface area (Å²) in [5, 5.41) is 0. The highest BCUT2D eigenvalue weighted by atomic mass is 32.2. The molecule has 1 N–H and O–H groups in total. The molecule has 28 heavy (non-hydrogen) atoms. The van der Waals surface area contributed by atoms with Crippen molar-refractivity contribution in [3.8, 4) is 0 Å². The molecule has 1 aliphatic rings. The molecule has 0 aromatic heterocycles. The van der Waals surface area contributed by atoms with Crippen LogP contribution in [0.1, 0.15) is 44.4 Å². The van der Waals surface area contributed by atoms with Gasteiger partial charge >= 0.3 is 0 Å². The molecule has 2 aromatic rings. The molecule has 0 atom stereocenters. The van der Waals surface area contributed by atoms with Crippen LogP contribution in [0.15, 0.2) is 47.4 Å². The van der Waals surface area contributed by atoms with Crippen LogP contribution in [0.4, 0.5) is 5.69 Å². The van der Waals surface area contributed by atoms with Crippen LogP contribution in [-0.2, 0) is 26.8 Å². The fraction of sp³-hybridized carbons (Fsp3) is 0.409. The molecule has 6 heteroatoms. The smallest absolute Gasteiger partial charge is 0.240 e. The lowest BCUT2D eigenvalue weighted by atomic mass is 9.87. The number of nitrogens with zero attached hydrogens (tertiary/aromatic N) is 1. The number of aryl methyl sites for hydroxylation is 1. The number of benzene rings is 2. The van der Waals surface area contributed by atoms with Crippen LogP contribution in [0.25, 0.3) is 0 Å². The third-order valence-corrected chi connectivity index (χ3v) is 6.72.